The molecule has 1 aliphatic carbocycles. The molecule has 7 heteroatoms. The Labute approximate surface area is 146 Å². The van der Waals surface area contributed by atoms with Crippen LogP contribution in [0.25, 0.3) is 0 Å². The average molecular weight is 347 g/mol. The first-order valence-corrected chi connectivity index (χ1v) is 9.92. The Hall–Kier alpha value is -1.31. The van der Waals surface area contributed by atoms with E-state index in [1.165, 1.54) is 37.7 Å². The fourth-order valence-corrected chi connectivity index (χ4v) is 4.61. The minimum Gasteiger partial charge on any atom is -0.371 e. The number of morpholine rings is 1. The fraction of sp³-hybridized carbons (Fsp3) is 0.706. The Balaban J connectivity index is 1.49. The van der Waals surface area contributed by atoms with Crippen molar-refractivity contribution in [1.29, 1.82) is 0 Å². The lowest BCUT2D eigenvalue weighted by Crippen LogP contribution is -2.40. The monoisotopic (exact) mass is 347 g/mol. The summed E-state index contributed by atoms with van der Waals surface area (Å²) in [6.45, 7) is 4.81. The zero-order valence-electron chi connectivity index (χ0n) is 14.2. The number of ether oxygens (including phenoxy) is 1. The zero-order valence-corrected chi connectivity index (χ0v) is 15.0. The molecule has 2 aromatic heterocycles. The molecule has 2 fully saturated rings. The summed E-state index contributed by atoms with van der Waals surface area (Å²) in [5.41, 5.74) is 1.28. The molecule has 0 amide bonds. The third-order valence-electron chi connectivity index (χ3n) is 5.37. The summed E-state index contributed by atoms with van der Waals surface area (Å²) in [5, 5.41) is 17.0. The average Bonchev–Trinajstić information content (AvgIpc) is 3.34. The van der Waals surface area contributed by atoms with Crippen LogP contribution in [0.3, 0.4) is 0 Å². The molecule has 2 atom stereocenters. The quantitative estimate of drug-likeness (QED) is 0.849. The predicted octanol–water partition coefficient (Wildman–Crippen LogP) is 3.37. The predicted molar refractivity (Wildman–Crippen MR) is 92.9 cm³/mol. The molecule has 24 heavy (non-hydrogen) atoms. The summed E-state index contributed by atoms with van der Waals surface area (Å²) in [5.74, 6) is 1.01. The molecule has 2 unspecified atom stereocenters. The van der Waals surface area contributed by atoms with E-state index in [2.05, 4.69) is 48.9 Å². The Morgan fingerprint density at radius 2 is 2.17 bits per heavy atom. The van der Waals surface area contributed by atoms with Gasteiger partial charge in [0.2, 0.25) is 0 Å². The van der Waals surface area contributed by atoms with Crippen LogP contribution in [0.4, 0.5) is 0 Å². The van der Waals surface area contributed by atoms with Crippen molar-refractivity contribution in [1.82, 2.24) is 25.1 Å². The lowest BCUT2D eigenvalue weighted by Gasteiger charge is -2.36. The smallest absolute Gasteiger partial charge is 0.168 e. The van der Waals surface area contributed by atoms with Gasteiger partial charge in [0, 0.05) is 13.1 Å². The molecule has 4 rings (SSSR count). The Kier molecular flexibility index (Phi) is 4.91. The third-order valence-corrected chi connectivity index (χ3v) is 6.07. The van der Waals surface area contributed by atoms with Gasteiger partial charge in [0.1, 0.15) is 0 Å². The van der Waals surface area contributed by atoms with E-state index in [9.17, 15) is 0 Å². The van der Waals surface area contributed by atoms with Crippen molar-refractivity contribution in [2.24, 2.45) is 0 Å². The van der Waals surface area contributed by atoms with E-state index in [0.717, 1.165) is 25.5 Å². The van der Waals surface area contributed by atoms with Gasteiger partial charge in [-0.3, -0.25) is 4.90 Å². The van der Waals surface area contributed by atoms with Crippen LogP contribution in [0.1, 0.15) is 68.6 Å². The van der Waals surface area contributed by atoms with E-state index in [1.54, 1.807) is 11.3 Å². The van der Waals surface area contributed by atoms with Crippen LogP contribution < -0.4 is 0 Å². The van der Waals surface area contributed by atoms with Crippen molar-refractivity contribution in [2.75, 3.05) is 19.7 Å². The van der Waals surface area contributed by atoms with Gasteiger partial charge in [-0.05, 0) is 52.6 Å². The van der Waals surface area contributed by atoms with Crippen LogP contribution in [0.15, 0.2) is 16.8 Å². The molecule has 0 radical (unpaired) electrons. The van der Waals surface area contributed by atoms with E-state index in [1.807, 2.05) is 0 Å². The standard InChI is InChI=1S/C17H25N5OS/c1-13(17-18-19-20-22(17)15-5-3-2-4-6-15)21-8-9-23-16(11-21)14-7-10-24-12-14/h7,10,12-13,15-16H,2-6,8-9,11H2,1H3. The van der Waals surface area contributed by atoms with Crippen molar-refractivity contribution in [3.05, 3.63) is 28.2 Å². The second-order valence-electron chi connectivity index (χ2n) is 6.86. The Morgan fingerprint density at radius 3 is 2.96 bits per heavy atom. The molecule has 0 bridgehead atoms. The van der Waals surface area contributed by atoms with E-state index in [-0.39, 0.29) is 12.1 Å². The maximum Gasteiger partial charge on any atom is 0.168 e. The molecule has 3 heterocycles. The van der Waals surface area contributed by atoms with E-state index in [4.69, 9.17) is 4.74 Å². The van der Waals surface area contributed by atoms with Gasteiger partial charge in [0.25, 0.3) is 0 Å². The summed E-state index contributed by atoms with van der Waals surface area (Å²) in [7, 11) is 0. The lowest BCUT2D eigenvalue weighted by atomic mass is 9.95. The summed E-state index contributed by atoms with van der Waals surface area (Å²) >= 11 is 1.73. The van der Waals surface area contributed by atoms with Gasteiger partial charge < -0.3 is 4.74 Å². The fourth-order valence-electron chi connectivity index (χ4n) is 3.91. The van der Waals surface area contributed by atoms with Crippen LogP contribution in [0.2, 0.25) is 0 Å². The highest BCUT2D eigenvalue weighted by Gasteiger charge is 2.30. The molecule has 1 saturated carbocycles. The van der Waals surface area contributed by atoms with Crippen LogP contribution in [0.5, 0.6) is 0 Å². The minimum atomic E-state index is 0.159. The van der Waals surface area contributed by atoms with Crippen LogP contribution in [-0.4, -0.2) is 44.8 Å². The highest BCUT2D eigenvalue weighted by atomic mass is 32.1. The van der Waals surface area contributed by atoms with Gasteiger partial charge in [-0.15, -0.1) is 5.10 Å². The van der Waals surface area contributed by atoms with Gasteiger partial charge in [-0.2, -0.15) is 11.3 Å². The van der Waals surface area contributed by atoms with E-state index >= 15 is 0 Å². The molecule has 2 aliphatic rings. The molecule has 2 aromatic rings. The normalized spacial score (nSPS) is 25.0. The molecule has 6 nitrogen and oxygen atoms in total. The van der Waals surface area contributed by atoms with Crippen LogP contribution >= 0.6 is 11.3 Å². The van der Waals surface area contributed by atoms with Crippen molar-refractivity contribution in [2.45, 2.75) is 57.2 Å². The van der Waals surface area contributed by atoms with Crippen LogP contribution in [-0.2, 0) is 4.74 Å². The molecule has 1 aliphatic heterocycles. The van der Waals surface area contributed by atoms with Gasteiger partial charge >= 0.3 is 0 Å². The van der Waals surface area contributed by atoms with Crippen LogP contribution in [0, 0.1) is 0 Å². The van der Waals surface area contributed by atoms with E-state index in [0.29, 0.717) is 6.04 Å². The molecule has 0 N–H and O–H groups in total. The molecular weight excluding hydrogens is 322 g/mol. The minimum absolute atomic E-state index is 0.159. The SMILES string of the molecule is CC(c1nnnn1C1CCCCC1)N1CCOC(c2ccsc2)C1. The third kappa shape index (κ3) is 3.25. The lowest BCUT2D eigenvalue weighted by molar-refractivity contribution is -0.0448. The largest absolute Gasteiger partial charge is 0.371 e. The number of hydrogen-bond acceptors (Lipinski definition) is 6. The summed E-state index contributed by atoms with van der Waals surface area (Å²) in [6, 6.07) is 2.85. The molecular formula is C17H25N5OS. The zero-order chi connectivity index (χ0) is 16.4. The second kappa shape index (κ2) is 7.29. The first kappa shape index (κ1) is 16.2. The number of nitrogens with zero attached hydrogens (tertiary/aromatic N) is 5. The maximum absolute atomic E-state index is 5.97. The van der Waals surface area contributed by atoms with Gasteiger partial charge in [-0.25, -0.2) is 4.68 Å². The van der Waals surface area contributed by atoms with E-state index < -0.39 is 0 Å². The maximum atomic E-state index is 5.97. The number of aromatic nitrogens is 4. The second-order valence-corrected chi connectivity index (χ2v) is 7.64. The molecule has 0 spiro atoms. The number of thiophene rings is 1. The highest BCUT2D eigenvalue weighted by Crippen LogP contribution is 2.32. The Morgan fingerprint density at radius 1 is 1.29 bits per heavy atom. The summed E-state index contributed by atoms with van der Waals surface area (Å²) < 4.78 is 8.07. The van der Waals surface area contributed by atoms with Gasteiger partial charge in [0.05, 0.1) is 24.8 Å². The summed E-state index contributed by atoms with van der Waals surface area (Å²) in [6.07, 6.45) is 6.48. The molecule has 0 aromatic carbocycles. The molecule has 130 valence electrons. The first-order chi connectivity index (χ1) is 11.8. The van der Waals surface area contributed by atoms with Gasteiger partial charge in [0.15, 0.2) is 5.82 Å². The number of hydrogen-bond donors (Lipinski definition) is 0. The van der Waals surface area contributed by atoms with Gasteiger partial charge in [-0.1, -0.05) is 19.3 Å². The van der Waals surface area contributed by atoms with Crippen molar-refractivity contribution in [3.63, 3.8) is 0 Å². The van der Waals surface area contributed by atoms with Crippen molar-refractivity contribution in [3.8, 4) is 0 Å². The highest BCUT2D eigenvalue weighted by molar-refractivity contribution is 7.07. The number of rotatable bonds is 4. The molecule has 1 saturated heterocycles. The summed E-state index contributed by atoms with van der Waals surface area (Å²) in [4.78, 5) is 2.46. The van der Waals surface area contributed by atoms with Crippen molar-refractivity contribution < 1.29 is 4.74 Å². The topological polar surface area (TPSA) is 56.1 Å². The van der Waals surface area contributed by atoms with Crippen molar-refractivity contribution >= 4 is 11.3 Å². The number of tetrazole rings is 1. The first-order valence-electron chi connectivity index (χ1n) is 8.98. The Bertz CT molecular complexity index is 637.